The molecule has 0 spiro atoms. The molecule has 0 saturated heterocycles. The largest absolute Gasteiger partial charge is 0.375 e. The van der Waals surface area contributed by atoms with Crippen LogP contribution in [0.2, 0.25) is 0 Å². The molecule has 0 heterocycles. The van der Waals surface area contributed by atoms with Gasteiger partial charge < -0.3 is 10.6 Å². The minimum absolute atomic E-state index is 0.0716. The molecule has 3 nitrogen and oxygen atoms in total. The first kappa shape index (κ1) is 12.2. The van der Waals surface area contributed by atoms with Gasteiger partial charge in [0.05, 0.1) is 6.54 Å². The highest BCUT2D eigenvalue weighted by Gasteiger charge is 2.03. The minimum atomic E-state index is -0.275. The van der Waals surface area contributed by atoms with Crippen LogP contribution in [0.25, 0.3) is 0 Å². The zero-order chi connectivity index (χ0) is 11.3. The van der Waals surface area contributed by atoms with Crippen molar-refractivity contribution in [1.29, 1.82) is 0 Å². The number of rotatable bonds is 4. The van der Waals surface area contributed by atoms with Crippen LogP contribution < -0.4 is 10.6 Å². The van der Waals surface area contributed by atoms with Crippen LogP contribution in [-0.4, -0.2) is 19.0 Å². The smallest absolute Gasteiger partial charge is 0.239 e. The van der Waals surface area contributed by atoms with Gasteiger partial charge in [-0.15, -0.1) is 0 Å². The van der Waals surface area contributed by atoms with Crippen LogP contribution in [0.15, 0.2) is 18.2 Å². The Kier molecular flexibility index (Phi) is 4.80. The van der Waals surface area contributed by atoms with Gasteiger partial charge in [0.15, 0.2) is 0 Å². The predicted octanol–water partition coefficient (Wildman–Crippen LogP) is 1.98. The van der Waals surface area contributed by atoms with E-state index in [0.717, 1.165) is 9.26 Å². The summed E-state index contributed by atoms with van der Waals surface area (Å²) in [5.74, 6) is -0.347. The molecule has 1 aromatic rings. The molecule has 0 aliphatic carbocycles. The third-order valence-corrected chi connectivity index (χ3v) is 2.64. The van der Waals surface area contributed by atoms with E-state index in [1.165, 1.54) is 12.1 Å². The van der Waals surface area contributed by atoms with E-state index < -0.39 is 0 Å². The van der Waals surface area contributed by atoms with E-state index in [1.54, 1.807) is 6.07 Å². The first-order valence-corrected chi connectivity index (χ1v) is 5.67. The van der Waals surface area contributed by atoms with Gasteiger partial charge in [-0.05, 0) is 47.7 Å². The Balaban J connectivity index is 2.54. The normalized spacial score (nSPS) is 9.80. The van der Waals surface area contributed by atoms with Gasteiger partial charge in [0.25, 0.3) is 0 Å². The number of nitrogens with one attached hydrogen (secondary N) is 2. The van der Waals surface area contributed by atoms with Gasteiger partial charge in [0, 0.05) is 15.8 Å². The van der Waals surface area contributed by atoms with Crippen LogP contribution >= 0.6 is 22.6 Å². The van der Waals surface area contributed by atoms with E-state index in [9.17, 15) is 9.18 Å². The summed E-state index contributed by atoms with van der Waals surface area (Å²) < 4.78 is 13.5. The number of likely N-dealkylation sites (N-methyl/N-ethyl adjacent to an activating group) is 1. The molecule has 0 atom stereocenters. The van der Waals surface area contributed by atoms with E-state index in [0.29, 0.717) is 6.54 Å². The molecule has 1 aromatic carbocycles. The Morgan fingerprint density at radius 2 is 2.27 bits per heavy atom. The van der Waals surface area contributed by atoms with E-state index in [2.05, 4.69) is 10.6 Å². The Hall–Kier alpha value is -0.850. The van der Waals surface area contributed by atoms with E-state index >= 15 is 0 Å². The van der Waals surface area contributed by atoms with Crippen LogP contribution in [0.1, 0.15) is 6.92 Å². The Labute approximate surface area is 102 Å². The number of hydrogen-bond donors (Lipinski definition) is 2. The number of hydrogen-bond acceptors (Lipinski definition) is 2. The van der Waals surface area contributed by atoms with E-state index in [1.807, 2.05) is 29.5 Å². The lowest BCUT2D eigenvalue weighted by Crippen LogP contribution is -2.29. The maximum absolute atomic E-state index is 12.8. The molecule has 1 amide bonds. The van der Waals surface area contributed by atoms with Crippen LogP contribution in [0, 0.1) is 9.39 Å². The van der Waals surface area contributed by atoms with Crippen LogP contribution in [0.3, 0.4) is 0 Å². The lowest BCUT2D eigenvalue weighted by atomic mass is 10.3. The van der Waals surface area contributed by atoms with Gasteiger partial charge in [-0.1, -0.05) is 0 Å². The highest BCUT2D eigenvalue weighted by atomic mass is 127. The third kappa shape index (κ3) is 4.03. The fraction of sp³-hybridized carbons (Fsp3) is 0.300. The van der Waals surface area contributed by atoms with Crippen LogP contribution in [-0.2, 0) is 4.79 Å². The number of amides is 1. The molecule has 0 bridgehead atoms. The highest BCUT2D eigenvalue weighted by molar-refractivity contribution is 14.1. The van der Waals surface area contributed by atoms with Crippen molar-refractivity contribution in [3.05, 3.63) is 27.6 Å². The maximum atomic E-state index is 12.8. The van der Waals surface area contributed by atoms with Crippen molar-refractivity contribution in [1.82, 2.24) is 5.32 Å². The van der Waals surface area contributed by atoms with Gasteiger partial charge in [0.1, 0.15) is 5.82 Å². The molecular weight excluding hydrogens is 310 g/mol. The van der Waals surface area contributed by atoms with Crippen molar-refractivity contribution in [3.8, 4) is 0 Å². The standard InChI is InChI=1S/C10H12FIN2O/c1-2-13-10(15)6-14-9-4-3-7(11)5-8(9)12/h3-5,14H,2,6H2,1H3,(H,13,15). The molecule has 2 N–H and O–H groups in total. The van der Waals surface area contributed by atoms with Crippen molar-refractivity contribution in [2.24, 2.45) is 0 Å². The summed E-state index contributed by atoms with van der Waals surface area (Å²) in [6.07, 6.45) is 0. The summed E-state index contributed by atoms with van der Waals surface area (Å²) in [7, 11) is 0. The zero-order valence-electron chi connectivity index (χ0n) is 8.31. The number of halogens is 2. The molecule has 1 rings (SSSR count). The molecule has 82 valence electrons. The number of benzene rings is 1. The first-order valence-electron chi connectivity index (χ1n) is 4.59. The second-order valence-corrected chi connectivity index (χ2v) is 4.09. The quantitative estimate of drug-likeness (QED) is 0.833. The minimum Gasteiger partial charge on any atom is -0.375 e. The number of carbonyl (C=O) groups excluding carboxylic acids is 1. The van der Waals surface area contributed by atoms with Crippen molar-refractivity contribution < 1.29 is 9.18 Å². The average molecular weight is 322 g/mol. The van der Waals surface area contributed by atoms with Gasteiger partial charge in [-0.3, -0.25) is 4.79 Å². The van der Waals surface area contributed by atoms with E-state index in [-0.39, 0.29) is 18.3 Å². The molecule has 0 aliphatic rings. The molecule has 5 heteroatoms. The maximum Gasteiger partial charge on any atom is 0.239 e. The van der Waals surface area contributed by atoms with Crippen molar-refractivity contribution in [2.45, 2.75) is 6.92 Å². The van der Waals surface area contributed by atoms with Gasteiger partial charge in [0.2, 0.25) is 5.91 Å². The summed E-state index contributed by atoms with van der Waals surface area (Å²) in [5, 5.41) is 5.61. The van der Waals surface area contributed by atoms with Crippen molar-refractivity contribution in [2.75, 3.05) is 18.4 Å². The van der Waals surface area contributed by atoms with E-state index in [4.69, 9.17) is 0 Å². The molecule has 0 aromatic heterocycles. The van der Waals surface area contributed by atoms with Gasteiger partial charge in [-0.2, -0.15) is 0 Å². The SMILES string of the molecule is CCNC(=O)CNc1ccc(F)cc1I. The number of carbonyl (C=O) groups is 1. The topological polar surface area (TPSA) is 41.1 Å². The lowest BCUT2D eigenvalue weighted by molar-refractivity contribution is -0.119. The summed E-state index contributed by atoms with van der Waals surface area (Å²) in [5.41, 5.74) is 0.767. The molecule has 0 unspecified atom stereocenters. The van der Waals surface area contributed by atoms with Gasteiger partial charge in [-0.25, -0.2) is 4.39 Å². The summed E-state index contributed by atoms with van der Waals surface area (Å²) in [4.78, 5) is 11.1. The highest BCUT2D eigenvalue weighted by Crippen LogP contribution is 2.18. The predicted molar refractivity (Wildman–Crippen MR) is 66.3 cm³/mol. The fourth-order valence-electron chi connectivity index (χ4n) is 1.07. The van der Waals surface area contributed by atoms with Crippen LogP contribution in [0.5, 0.6) is 0 Å². The zero-order valence-corrected chi connectivity index (χ0v) is 10.5. The molecule has 0 saturated carbocycles. The summed E-state index contributed by atoms with van der Waals surface area (Å²) in [6, 6.07) is 4.40. The Morgan fingerprint density at radius 1 is 1.53 bits per heavy atom. The second kappa shape index (κ2) is 5.89. The lowest BCUT2D eigenvalue weighted by Gasteiger charge is -2.08. The molecule has 15 heavy (non-hydrogen) atoms. The number of anilines is 1. The Morgan fingerprint density at radius 3 is 2.87 bits per heavy atom. The molecule has 0 aliphatic heterocycles. The molecular formula is C10H12FIN2O. The monoisotopic (exact) mass is 322 g/mol. The van der Waals surface area contributed by atoms with Gasteiger partial charge >= 0.3 is 0 Å². The summed E-state index contributed by atoms with van der Waals surface area (Å²) in [6.45, 7) is 2.68. The molecule has 0 radical (unpaired) electrons. The Bertz CT molecular complexity index is 357. The average Bonchev–Trinajstić information content (AvgIpc) is 2.17. The van der Waals surface area contributed by atoms with Crippen molar-refractivity contribution >= 4 is 34.2 Å². The van der Waals surface area contributed by atoms with Crippen molar-refractivity contribution in [3.63, 3.8) is 0 Å². The first-order chi connectivity index (χ1) is 7.13. The second-order valence-electron chi connectivity index (χ2n) is 2.93. The fourth-order valence-corrected chi connectivity index (χ4v) is 1.74. The third-order valence-electron chi connectivity index (χ3n) is 1.74. The van der Waals surface area contributed by atoms with Crippen LogP contribution in [0.4, 0.5) is 10.1 Å². The summed E-state index contributed by atoms with van der Waals surface area (Å²) >= 11 is 2.02. The molecule has 0 fully saturated rings.